The SMILES string of the molecule is CC(=O)O[C@@H]1C[C@@]23COC[C@](C)([C@@H]2CC[C@H]2C3=CC(=O)[C@@]3(C)[C@H](C(=O)O)[C@@](C)([C@H](C)C(C)C)CC[C@]23C)[C@H]1OCC(N)c1ccc(F)cc1. The van der Waals surface area contributed by atoms with Gasteiger partial charge in [-0.1, -0.05) is 66.2 Å². The highest BCUT2D eigenvalue weighted by atomic mass is 19.1. The van der Waals surface area contributed by atoms with Crippen molar-refractivity contribution in [3.63, 3.8) is 0 Å². The molecule has 1 aromatic carbocycles. The fourth-order valence-electron chi connectivity index (χ4n) is 12.0. The predicted octanol–water partition coefficient (Wildman–Crippen LogP) is 6.91. The number of rotatable bonds is 8. The van der Waals surface area contributed by atoms with E-state index in [0.717, 1.165) is 36.8 Å². The molecule has 1 unspecified atom stereocenters. The molecule has 12 atom stereocenters. The van der Waals surface area contributed by atoms with Gasteiger partial charge in [0.25, 0.3) is 0 Å². The van der Waals surface area contributed by atoms with Crippen molar-refractivity contribution in [2.24, 2.45) is 62.4 Å². The highest BCUT2D eigenvalue weighted by Gasteiger charge is 2.74. The van der Waals surface area contributed by atoms with Gasteiger partial charge in [-0.3, -0.25) is 14.4 Å². The molecule has 2 bridgehead atoms. The smallest absolute Gasteiger partial charge is 0.308 e. The van der Waals surface area contributed by atoms with E-state index in [4.69, 9.17) is 19.9 Å². The molecule has 9 heteroatoms. The summed E-state index contributed by atoms with van der Waals surface area (Å²) in [5, 5.41) is 10.9. The van der Waals surface area contributed by atoms with Crippen LogP contribution in [0.5, 0.6) is 0 Å². The summed E-state index contributed by atoms with van der Waals surface area (Å²) in [5.74, 6) is -2.11. The topological polar surface area (TPSA) is 125 Å². The molecule has 4 fully saturated rings. The van der Waals surface area contributed by atoms with Gasteiger partial charge < -0.3 is 25.1 Å². The lowest BCUT2D eigenvalue weighted by atomic mass is 9.34. The Bertz CT molecular complexity index is 1530. The molecule has 0 radical (unpaired) electrons. The molecule has 1 heterocycles. The molecule has 1 aromatic rings. The van der Waals surface area contributed by atoms with Gasteiger partial charge in [0.05, 0.1) is 31.8 Å². The van der Waals surface area contributed by atoms with Gasteiger partial charge in [0.2, 0.25) is 0 Å². The third-order valence-corrected chi connectivity index (χ3v) is 15.0. The molecule has 6 rings (SSSR count). The summed E-state index contributed by atoms with van der Waals surface area (Å²) in [6.07, 6.45) is 4.31. The average Bonchev–Trinajstić information content (AvgIpc) is 3.01. The molecule has 270 valence electrons. The first-order chi connectivity index (χ1) is 22.9. The molecule has 0 aromatic heterocycles. The third kappa shape index (κ3) is 5.18. The summed E-state index contributed by atoms with van der Waals surface area (Å²) in [7, 11) is 0. The molecule has 4 aliphatic carbocycles. The monoisotopic (exact) mass is 681 g/mol. The van der Waals surface area contributed by atoms with Gasteiger partial charge >= 0.3 is 11.9 Å². The lowest BCUT2D eigenvalue weighted by Crippen LogP contribution is -2.71. The summed E-state index contributed by atoms with van der Waals surface area (Å²) in [6.45, 7) is 17.1. The van der Waals surface area contributed by atoms with Crippen LogP contribution in [0.1, 0.15) is 99.1 Å². The van der Waals surface area contributed by atoms with Crippen LogP contribution in [-0.4, -0.2) is 54.9 Å². The lowest BCUT2D eigenvalue weighted by Gasteiger charge is -2.70. The Morgan fingerprint density at radius 2 is 1.73 bits per heavy atom. The number of allylic oxidation sites excluding steroid dienone is 1. The van der Waals surface area contributed by atoms with Crippen LogP contribution in [0, 0.1) is 62.5 Å². The molecule has 1 saturated heterocycles. The summed E-state index contributed by atoms with van der Waals surface area (Å²) in [5.41, 5.74) is 4.97. The number of esters is 1. The van der Waals surface area contributed by atoms with Crippen molar-refractivity contribution in [2.75, 3.05) is 19.8 Å². The number of carboxylic acids is 1. The van der Waals surface area contributed by atoms with E-state index in [1.807, 2.05) is 13.0 Å². The van der Waals surface area contributed by atoms with E-state index in [1.165, 1.54) is 19.1 Å². The minimum atomic E-state index is -1.09. The second-order valence-corrected chi connectivity index (χ2v) is 17.5. The molecule has 0 spiro atoms. The van der Waals surface area contributed by atoms with Crippen molar-refractivity contribution in [3.05, 3.63) is 47.3 Å². The summed E-state index contributed by atoms with van der Waals surface area (Å²) in [4.78, 5) is 40.8. The van der Waals surface area contributed by atoms with Crippen molar-refractivity contribution in [3.8, 4) is 0 Å². The number of aliphatic carboxylic acids is 1. The number of hydrogen-bond acceptors (Lipinski definition) is 7. The van der Waals surface area contributed by atoms with E-state index < -0.39 is 63.2 Å². The van der Waals surface area contributed by atoms with Crippen molar-refractivity contribution >= 4 is 17.7 Å². The molecule has 49 heavy (non-hydrogen) atoms. The Morgan fingerprint density at radius 1 is 1.06 bits per heavy atom. The molecular formula is C40H56FNO7. The van der Waals surface area contributed by atoms with Gasteiger partial charge in [-0.15, -0.1) is 0 Å². The molecule has 3 saturated carbocycles. The quantitative estimate of drug-likeness (QED) is 0.284. The number of carbonyl (C=O) groups excluding carboxylic acids is 2. The van der Waals surface area contributed by atoms with Crippen LogP contribution in [0.15, 0.2) is 35.9 Å². The van der Waals surface area contributed by atoms with E-state index >= 15 is 0 Å². The van der Waals surface area contributed by atoms with Crippen LogP contribution in [0.3, 0.4) is 0 Å². The number of ether oxygens (including phenoxy) is 3. The van der Waals surface area contributed by atoms with E-state index in [9.17, 15) is 23.9 Å². The highest BCUT2D eigenvalue weighted by molar-refractivity contribution is 6.00. The van der Waals surface area contributed by atoms with Gasteiger partial charge in [0, 0.05) is 23.2 Å². The zero-order valence-corrected chi connectivity index (χ0v) is 30.5. The number of fused-ring (bicyclic) bond motifs is 3. The first kappa shape index (κ1) is 36.2. The Labute approximate surface area is 290 Å². The Morgan fingerprint density at radius 3 is 2.35 bits per heavy atom. The maximum Gasteiger partial charge on any atom is 0.308 e. The van der Waals surface area contributed by atoms with Gasteiger partial charge in [0.15, 0.2) is 5.78 Å². The third-order valence-electron chi connectivity index (χ3n) is 15.0. The summed E-state index contributed by atoms with van der Waals surface area (Å²) in [6, 6.07) is 5.54. The van der Waals surface area contributed by atoms with Crippen molar-refractivity contribution in [1.82, 2.24) is 0 Å². The molecule has 0 amide bonds. The second-order valence-electron chi connectivity index (χ2n) is 17.5. The largest absolute Gasteiger partial charge is 0.481 e. The fourth-order valence-corrected chi connectivity index (χ4v) is 12.0. The van der Waals surface area contributed by atoms with Crippen molar-refractivity contribution < 1.29 is 38.1 Å². The minimum absolute atomic E-state index is 0.0134. The van der Waals surface area contributed by atoms with Gasteiger partial charge in [0.1, 0.15) is 18.0 Å². The van der Waals surface area contributed by atoms with Gasteiger partial charge in [-0.2, -0.15) is 0 Å². The normalized spacial score (nSPS) is 42.6. The number of nitrogens with two attached hydrogens (primary N) is 1. The van der Waals surface area contributed by atoms with Gasteiger partial charge in [-0.05, 0) is 90.4 Å². The number of carbonyl (C=O) groups is 3. The zero-order valence-electron chi connectivity index (χ0n) is 30.5. The zero-order chi connectivity index (χ0) is 35.9. The Balaban J connectivity index is 1.40. The highest BCUT2D eigenvalue weighted by Crippen LogP contribution is 2.74. The van der Waals surface area contributed by atoms with Crippen LogP contribution >= 0.6 is 0 Å². The van der Waals surface area contributed by atoms with E-state index in [-0.39, 0.29) is 41.9 Å². The van der Waals surface area contributed by atoms with Crippen LogP contribution in [0.25, 0.3) is 0 Å². The second kappa shape index (κ2) is 12.3. The average molecular weight is 682 g/mol. The molecule has 1 aliphatic heterocycles. The maximum atomic E-state index is 14.8. The Hall–Kier alpha value is -2.62. The standard InChI is InChI=1S/C40H56FNO7/c1-22(2)23(3)36(5)15-16-38(7)27-13-14-31-37(6)20-47-21-40(31,28(27)17-32(44)39(38,8)33(36)35(45)46)18-30(49-24(4)43)34(37)48-19-29(42)25-9-11-26(41)12-10-25/h9-12,17,22-23,27,29-31,33-34H,13-16,18-21,42H2,1-8H3,(H,45,46)/t23-,27+,29?,30-,31+,33-,34+,36-,37-,38-,39+,40+/m1/s1. The van der Waals surface area contributed by atoms with Crippen molar-refractivity contribution in [2.45, 2.75) is 106 Å². The fraction of sp³-hybridized carbons (Fsp3) is 0.725. The number of ketones is 1. The van der Waals surface area contributed by atoms with Crippen LogP contribution in [-0.2, 0) is 28.6 Å². The van der Waals surface area contributed by atoms with Gasteiger partial charge in [-0.25, -0.2) is 4.39 Å². The van der Waals surface area contributed by atoms with E-state index in [1.54, 1.807) is 12.1 Å². The van der Waals surface area contributed by atoms with Crippen LogP contribution < -0.4 is 5.73 Å². The molecule has 8 nitrogen and oxygen atoms in total. The maximum absolute atomic E-state index is 14.8. The van der Waals surface area contributed by atoms with E-state index in [2.05, 4.69) is 41.5 Å². The number of hydrogen-bond donors (Lipinski definition) is 2. The summed E-state index contributed by atoms with van der Waals surface area (Å²) >= 11 is 0. The molecule has 5 aliphatic rings. The predicted molar refractivity (Wildman–Crippen MR) is 183 cm³/mol. The number of halogens is 1. The first-order valence-corrected chi connectivity index (χ1v) is 18.2. The van der Waals surface area contributed by atoms with E-state index in [0.29, 0.717) is 19.6 Å². The minimum Gasteiger partial charge on any atom is -0.481 e. The molecular weight excluding hydrogens is 625 g/mol. The lowest BCUT2D eigenvalue weighted by molar-refractivity contribution is -0.266. The Kier molecular flexibility index (Phi) is 9.05. The number of benzene rings is 1. The first-order valence-electron chi connectivity index (χ1n) is 18.2. The number of carboxylic acid groups (broad SMARTS) is 1. The van der Waals surface area contributed by atoms with Crippen LogP contribution in [0.2, 0.25) is 0 Å². The van der Waals surface area contributed by atoms with Crippen molar-refractivity contribution in [1.29, 1.82) is 0 Å². The molecule has 3 N–H and O–H groups in total. The summed E-state index contributed by atoms with van der Waals surface area (Å²) < 4.78 is 32.8. The van der Waals surface area contributed by atoms with Crippen LogP contribution in [0.4, 0.5) is 4.39 Å².